The first kappa shape index (κ1) is 13.8. The van der Waals surface area contributed by atoms with Gasteiger partial charge in [-0.15, -0.1) is 0 Å². The van der Waals surface area contributed by atoms with E-state index in [0.717, 1.165) is 30.5 Å². The predicted molar refractivity (Wildman–Crippen MR) is 74.2 cm³/mol. The molecule has 1 N–H and O–H groups in total. The van der Waals surface area contributed by atoms with E-state index in [-0.39, 0.29) is 5.41 Å². The van der Waals surface area contributed by atoms with E-state index in [1.165, 1.54) is 0 Å². The van der Waals surface area contributed by atoms with Crippen LogP contribution in [0, 0.1) is 0 Å². The summed E-state index contributed by atoms with van der Waals surface area (Å²) in [6.07, 6.45) is 4.02. The Morgan fingerprint density at radius 2 is 2.00 bits per heavy atom. The summed E-state index contributed by atoms with van der Waals surface area (Å²) in [5.74, 6) is 0.361. The molecule has 0 radical (unpaired) electrons. The van der Waals surface area contributed by atoms with Gasteiger partial charge >= 0.3 is 0 Å². The Morgan fingerprint density at radius 3 is 2.59 bits per heavy atom. The first-order chi connectivity index (χ1) is 7.96. The highest BCUT2D eigenvalue weighted by atomic mass is 16.3. The first-order valence-corrected chi connectivity index (χ1v) is 6.29. The Balaban J connectivity index is 2.91. The number of phenols is 1. The van der Waals surface area contributed by atoms with Crippen LogP contribution in [0.15, 0.2) is 23.2 Å². The maximum Gasteiger partial charge on any atom is 0.128 e. The Morgan fingerprint density at radius 1 is 1.29 bits per heavy atom. The zero-order valence-electron chi connectivity index (χ0n) is 11.3. The third-order valence-corrected chi connectivity index (χ3v) is 2.75. The third kappa shape index (κ3) is 3.88. The van der Waals surface area contributed by atoms with E-state index < -0.39 is 0 Å². The van der Waals surface area contributed by atoms with Gasteiger partial charge in [0.25, 0.3) is 0 Å². The van der Waals surface area contributed by atoms with E-state index in [2.05, 4.69) is 32.7 Å². The van der Waals surface area contributed by atoms with Crippen LogP contribution in [-0.4, -0.2) is 17.9 Å². The molecule has 0 saturated carbocycles. The molecule has 0 atom stereocenters. The summed E-state index contributed by atoms with van der Waals surface area (Å²) < 4.78 is 0. The molecule has 0 fully saturated rings. The quantitative estimate of drug-likeness (QED) is 0.620. The highest BCUT2D eigenvalue weighted by molar-refractivity contribution is 5.84. The van der Waals surface area contributed by atoms with Crippen LogP contribution >= 0.6 is 0 Å². The van der Waals surface area contributed by atoms with Crippen LogP contribution in [0.25, 0.3) is 0 Å². The van der Waals surface area contributed by atoms with Crippen molar-refractivity contribution < 1.29 is 5.11 Å². The number of aliphatic imine (C=N–C) groups is 1. The van der Waals surface area contributed by atoms with Crippen molar-refractivity contribution in [1.82, 2.24) is 0 Å². The Labute approximate surface area is 104 Å². The molecule has 2 nitrogen and oxygen atoms in total. The average molecular weight is 233 g/mol. The van der Waals surface area contributed by atoms with Crippen molar-refractivity contribution in [3.63, 3.8) is 0 Å². The fourth-order valence-corrected chi connectivity index (χ4v) is 1.68. The summed E-state index contributed by atoms with van der Waals surface area (Å²) in [7, 11) is 0. The summed E-state index contributed by atoms with van der Waals surface area (Å²) in [4.78, 5) is 4.33. The minimum atomic E-state index is -0.0443. The number of nitrogens with zero attached hydrogens (tertiary/aromatic N) is 1. The monoisotopic (exact) mass is 233 g/mol. The SMILES string of the molecule is CCCCN=Cc1cccc(C(C)(C)C)c1O. The summed E-state index contributed by atoms with van der Waals surface area (Å²) in [5, 5.41) is 10.2. The Bertz CT molecular complexity index is 388. The van der Waals surface area contributed by atoms with Crippen LogP contribution in [0.5, 0.6) is 5.75 Å². The van der Waals surface area contributed by atoms with E-state index >= 15 is 0 Å². The van der Waals surface area contributed by atoms with Crippen molar-refractivity contribution in [2.24, 2.45) is 4.99 Å². The fraction of sp³-hybridized carbons (Fsp3) is 0.533. The number of phenolic OH excluding ortho intramolecular Hbond substituents is 1. The van der Waals surface area contributed by atoms with Gasteiger partial charge in [0, 0.05) is 18.3 Å². The van der Waals surface area contributed by atoms with Gasteiger partial charge in [-0.05, 0) is 23.5 Å². The molecule has 94 valence electrons. The van der Waals surface area contributed by atoms with Gasteiger partial charge in [-0.25, -0.2) is 0 Å². The molecule has 0 bridgehead atoms. The lowest BCUT2D eigenvalue weighted by Gasteiger charge is -2.21. The molecule has 0 aliphatic carbocycles. The van der Waals surface area contributed by atoms with Gasteiger partial charge in [0.05, 0.1) is 0 Å². The minimum Gasteiger partial charge on any atom is -0.507 e. The van der Waals surface area contributed by atoms with Crippen molar-refractivity contribution in [3.8, 4) is 5.75 Å². The van der Waals surface area contributed by atoms with Gasteiger partial charge in [-0.2, -0.15) is 0 Å². The zero-order valence-corrected chi connectivity index (χ0v) is 11.3. The van der Waals surface area contributed by atoms with Crippen LogP contribution < -0.4 is 0 Å². The molecule has 0 aliphatic heterocycles. The van der Waals surface area contributed by atoms with E-state index in [1.54, 1.807) is 6.21 Å². The Hall–Kier alpha value is -1.31. The lowest BCUT2D eigenvalue weighted by atomic mass is 9.85. The average Bonchev–Trinajstić information content (AvgIpc) is 2.25. The molecule has 0 saturated heterocycles. The van der Waals surface area contributed by atoms with Crippen molar-refractivity contribution in [2.75, 3.05) is 6.54 Å². The molecule has 1 aromatic rings. The molecule has 1 rings (SSSR count). The van der Waals surface area contributed by atoms with Crippen LogP contribution in [0.1, 0.15) is 51.7 Å². The molecule has 17 heavy (non-hydrogen) atoms. The molecule has 0 amide bonds. The van der Waals surface area contributed by atoms with Crippen molar-refractivity contribution in [1.29, 1.82) is 0 Å². The van der Waals surface area contributed by atoms with E-state index in [9.17, 15) is 5.11 Å². The van der Waals surface area contributed by atoms with Gasteiger partial charge in [0.1, 0.15) is 5.75 Å². The van der Waals surface area contributed by atoms with Crippen LogP contribution in [-0.2, 0) is 5.41 Å². The van der Waals surface area contributed by atoms with Gasteiger partial charge in [0.15, 0.2) is 0 Å². The minimum absolute atomic E-state index is 0.0443. The lowest BCUT2D eigenvalue weighted by molar-refractivity contribution is 0.446. The van der Waals surface area contributed by atoms with Crippen LogP contribution in [0.3, 0.4) is 0 Å². The third-order valence-electron chi connectivity index (χ3n) is 2.75. The van der Waals surface area contributed by atoms with Gasteiger partial charge in [-0.3, -0.25) is 4.99 Å². The maximum atomic E-state index is 10.2. The standard InChI is InChI=1S/C15H23NO/c1-5-6-10-16-11-12-8-7-9-13(14(12)17)15(2,3)4/h7-9,11,17H,5-6,10H2,1-4H3. The lowest BCUT2D eigenvalue weighted by Crippen LogP contribution is -2.11. The highest BCUT2D eigenvalue weighted by Crippen LogP contribution is 2.32. The number of hydrogen-bond donors (Lipinski definition) is 1. The van der Waals surface area contributed by atoms with E-state index in [4.69, 9.17) is 0 Å². The Kier molecular flexibility index (Phi) is 4.73. The van der Waals surface area contributed by atoms with Gasteiger partial charge in [0.2, 0.25) is 0 Å². The highest BCUT2D eigenvalue weighted by Gasteiger charge is 2.18. The number of hydrogen-bond acceptors (Lipinski definition) is 2. The predicted octanol–water partition coefficient (Wildman–Crippen LogP) is 3.91. The fourth-order valence-electron chi connectivity index (χ4n) is 1.68. The summed E-state index contributed by atoms with van der Waals surface area (Å²) >= 11 is 0. The second kappa shape index (κ2) is 5.85. The summed E-state index contributed by atoms with van der Waals surface area (Å²) in [6, 6.07) is 5.85. The molecule has 0 unspecified atom stereocenters. The largest absolute Gasteiger partial charge is 0.507 e. The second-order valence-corrected chi connectivity index (χ2v) is 5.38. The summed E-state index contributed by atoms with van der Waals surface area (Å²) in [6.45, 7) is 9.27. The van der Waals surface area contributed by atoms with E-state index in [1.807, 2.05) is 18.2 Å². The molecule has 0 spiro atoms. The molecule has 1 aromatic carbocycles. The number of unbranched alkanes of at least 4 members (excludes halogenated alkanes) is 1. The second-order valence-electron chi connectivity index (χ2n) is 5.38. The molecule has 0 heterocycles. The maximum absolute atomic E-state index is 10.2. The smallest absolute Gasteiger partial charge is 0.128 e. The molecule has 0 aliphatic rings. The van der Waals surface area contributed by atoms with Crippen molar-refractivity contribution >= 4 is 6.21 Å². The van der Waals surface area contributed by atoms with Crippen molar-refractivity contribution in [3.05, 3.63) is 29.3 Å². The number of rotatable bonds is 4. The van der Waals surface area contributed by atoms with Gasteiger partial charge < -0.3 is 5.11 Å². The number of para-hydroxylation sites is 1. The number of aromatic hydroxyl groups is 1. The zero-order chi connectivity index (χ0) is 12.9. The molecule has 0 aromatic heterocycles. The molecule has 2 heteroatoms. The molecular weight excluding hydrogens is 210 g/mol. The number of benzene rings is 1. The van der Waals surface area contributed by atoms with Crippen molar-refractivity contribution in [2.45, 2.75) is 46.0 Å². The first-order valence-electron chi connectivity index (χ1n) is 6.29. The van der Waals surface area contributed by atoms with Crippen LogP contribution in [0.4, 0.5) is 0 Å². The molecular formula is C15H23NO. The summed E-state index contributed by atoms with van der Waals surface area (Å²) in [5.41, 5.74) is 1.74. The van der Waals surface area contributed by atoms with E-state index in [0.29, 0.717) is 5.75 Å². The van der Waals surface area contributed by atoms with Crippen LogP contribution in [0.2, 0.25) is 0 Å². The topological polar surface area (TPSA) is 32.6 Å². The van der Waals surface area contributed by atoms with Gasteiger partial charge in [-0.1, -0.05) is 46.2 Å². The normalized spacial score (nSPS) is 12.2.